The van der Waals surface area contributed by atoms with Crippen molar-refractivity contribution in [3.63, 3.8) is 0 Å². The molecule has 3 heterocycles. The van der Waals surface area contributed by atoms with Crippen LogP contribution in [-0.2, 0) is 6.42 Å². The van der Waals surface area contributed by atoms with Crippen molar-refractivity contribution < 1.29 is 4.79 Å². The van der Waals surface area contributed by atoms with Gasteiger partial charge in [-0.1, -0.05) is 18.2 Å². The minimum absolute atomic E-state index is 0.424. The van der Waals surface area contributed by atoms with E-state index in [0.29, 0.717) is 11.3 Å². The van der Waals surface area contributed by atoms with Crippen molar-refractivity contribution in [1.82, 2.24) is 14.9 Å². The van der Waals surface area contributed by atoms with Crippen molar-refractivity contribution >= 4 is 28.3 Å². The van der Waals surface area contributed by atoms with Crippen LogP contribution in [0.4, 0.5) is 11.5 Å². The van der Waals surface area contributed by atoms with Crippen molar-refractivity contribution in [2.45, 2.75) is 19.3 Å². The van der Waals surface area contributed by atoms with Crippen LogP contribution in [-0.4, -0.2) is 53.5 Å². The summed E-state index contributed by atoms with van der Waals surface area (Å²) in [6, 6.07) is 17.3. The molecule has 1 fully saturated rings. The third-order valence-corrected chi connectivity index (χ3v) is 6.98. The number of aromatic amines is 1. The summed E-state index contributed by atoms with van der Waals surface area (Å²) >= 11 is 0. The van der Waals surface area contributed by atoms with Gasteiger partial charge in [-0.3, -0.25) is 9.69 Å². The molecule has 0 unspecified atom stereocenters. The Bertz CT molecular complexity index is 1390. The van der Waals surface area contributed by atoms with E-state index in [2.05, 4.69) is 42.9 Å². The molecular formula is C29H30N6O. The van der Waals surface area contributed by atoms with Crippen molar-refractivity contribution in [2.75, 3.05) is 37.6 Å². The Hall–Kier alpha value is -4.15. The smallest absolute Gasteiger partial charge is 0.248 e. The highest BCUT2D eigenvalue weighted by molar-refractivity contribution is 5.94. The van der Waals surface area contributed by atoms with E-state index in [1.807, 2.05) is 36.5 Å². The number of amides is 1. The molecule has 0 bridgehead atoms. The van der Waals surface area contributed by atoms with Crippen molar-refractivity contribution in [3.05, 3.63) is 89.5 Å². The average molecular weight is 479 g/mol. The van der Waals surface area contributed by atoms with E-state index in [1.165, 1.54) is 10.9 Å². The van der Waals surface area contributed by atoms with Crippen LogP contribution in [0.5, 0.6) is 0 Å². The maximum Gasteiger partial charge on any atom is 0.248 e. The third kappa shape index (κ3) is 5.24. The van der Waals surface area contributed by atoms with Gasteiger partial charge >= 0.3 is 0 Å². The van der Waals surface area contributed by atoms with E-state index >= 15 is 0 Å². The maximum atomic E-state index is 11.5. The predicted octanol–water partition coefficient (Wildman–Crippen LogP) is 5.02. The lowest BCUT2D eigenvalue weighted by atomic mass is 10.0. The molecule has 0 aliphatic carbocycles. The van der Waals surface area contributed by atoms with Crippen molar-refractivity contribution in [2.24, 2.45) is 5.73 Å². The summed E-state index contributed by atoms with van der Waals surface area (Å²) in [4.78, 5) is 27.9. The summed E-state index contributed by atoms with van der Waals surface area (Å²) in [7, 11) is 0. The van der Waals surface area contributed by atoms with Gasteiger partial charge in [0.2, 0.25) is 5.91 Å². The van der Waals surface area contributed by atoms with Crippen LogP contribution < -0.4 is 10.6 Å². The summed E-state index contributed by atoms with van der Waals surface area (Å²) < 4.78 is 0. The van der Waals surface area contributed by atoms with Gasteiger partial charge in [0.15, 0.2) is 5.69 Å². The number of rotatable bonds is 8. The number of aromatic nitrogens is 2. The Morgan fingerprint density at radius 3 is 2.64 bits per heavy atom. The summed E-state index contributed by atoms with van der Waals surface area (Å²) in [5.74, 6) is 0.565. The second-order valence-corrected chi connectivity index (χ2v) is 9.29. The third-order valence-electron chi connectivity index (χ3n) is 6.98. The molecule has 5 rings (SSSR count). The van der Waals surface area contributed by atoms with Crippen LogP contribution in [0.2, 0.25) is 0 Å². The second kappa shape index (κ2) is 10.6. The number of nitrogens with two attached hydrogens (primary N) is 1. The zero-order valence-electron chi connectivity index (χ0n) is 20.3. The molecule has 1 aliphatic rings. The lowest BCUT2D eigenvalue weighted by Crippen LogP contribution is -2.46. The number of pyridine rings is 1. The molecular weight excluding hydrogens is 448 g/mol. The number of nitrogens with zero attached hydrogens (tertiary/aromatic N) is 4. The van der Waals surface area contributed by atoms with E-state index in [1.54, 1.807) is 12.1 Å². The van der Waals surface area contributed by atoms with Gasteiger partial charge in [-0.05, 0) is 78.7 Å². The first kappa shape index (κ1) is 23.6. The number of aryl methyl sites for hydroxylation is 1. The zero-order chi connectivity index (χ0) is 24.9. The topological polar surface area (TPSA) is 82.6 Å². The molecule has 4 aromatic rings. The monoisotopic (exact) mass is 478 g/mol. The first-order valence-corrected chi connectivity index (χ1v) is 12.4. The number of nitrogens with one attached hydrogen (secondary N) is 1. The fraction of sp³-hybridized carbons (Fsp3) is 0.276. The van der Waals surface area contributed by atoms with Gasteiger partial charge in [0.25, 0.3) is 0 Å². The van der Waals surface area contributed by atoms with Crippen LogP contribution in [0.1, 0.15) is 28.8 Å². The molecule has 3 N–H and O–H groups in total. The number of piperazine rings is 1. The molecule has 36 heavy (non-hydrogen) atoms. The fourth-order valence-electron chi connectivity index (χ4n) is 4.89. The second-order valence-electron chi connectivity index (χ2n) is 9.29. The molecule has 1 saturated heterocycles. The van der Waals surface area contributed by atoms with E-state index in [9.17, 15) is 4.79 Å². The number of H-pyrrole nitrogens is 1. The molecule has 2 aromatic carbocycles. The van der Waals surface area contributed by atoms with Gasteiger partial charge in [-0.15, -0.1) is 0 Å². The van der Waals surface area contributed by atoms with Gasteiger partial charge in [-0.2, -0.15) is 0 Å². The summed E-state index contributed by atoms with van der Waals surface area (Å²) in [5, 5.41) is 1.18. The van der Waals surface area contributed by atoms with Crippen molar-refractivity contribution in [1.29, 1.82) is 0 Å². The molecule has 2 aromatic heterocycles. The van der Waals surface area contributed by atoms with Gasteiger partial charge in [-0.25, -0.2) is 9.83 Å². The van der Waals surface area contributed by atoms with E-state index in [-0.39, 0.29) is 0 Å². The Morgan fingerprint density at radius 2 is 1.89 bits per heavy atom. The van der Waals surface area contributed by atoms with E-state index in [4.69, 9.17) is 12.3 Å². The molecule has 7 nitrogen and oxygen atoms in total. The molecule has 0 saturated carbocycles. The minimum Gasteiger partial charge on any atom is -0.366 e. The number of hydrogen-bond acceptors (Lipinski definition) is 4. The van der Waals surface area contributed by atoms with Crippen LogP contribution in [0.25, 0.3) is 26.9 Å². The SMILES string of the molecule is [C-]#[N+]c1ccc2[nH]cc(CCCCN3CCN(c4ccc(-c5cccc(C(N)=O)c5)cn4)CC3)c2c1. The average Bonchev–Trinajstić information content (AvgIpc) is 3.33. The highest BCUT2D eigenvalue weighted by Gasteiger charge is 2.18. The number of carbonyl (C=O) groups is 1. The summed E-state index contributed by atoms with van der Waals surface area (Å²) in [5.41, 5.74) is 10.9. The number of benzene rings is 2. The normalized spacial score (nSPS) is 14.1. The standard InChI is InChI=1S/C29H30N6O/c1-31-25-9-10-27-26(18-25)24(20-32-27)5-2-3-12-34-13-15-35(16-14-34)28-11-8-23(19-33-28)21-6-4-7-22(17-21)29(30)36/h4,6-11,17-20,32H,2-3,5,12-16H2,(H2,30,36). The minimum atomic E-state index is -0.424. The van der Waals surface area contributed by atoms with Gasteiger partial charge < -0.3 is 15.6 Å². The highest BCUT2D eigenvalue weighted by Crippen LogP contribution is 2.26. The molecule has 1 amide bonds. The lowest BCUT2D eigenvalue weighted by Gasteiger charge is -2.35. The summed E-state index contributed by atoms with van der Waals surface area (Å²) in [6.45, 7) is 12.3. The van der Waals surface area contributed by atoms with Crippen LogP contribution >= 0.6 is 0 Å². The predicted molar refractivity (Wildman–Crippen MR) is 144 cm³/mol. The number of hydrogen-bond donors (Lipinski definition) is 2. The maximum absolute atomic E-state index is 11.5. The van der Waals surface area contributed by atoms with Crippen LogP contribution in [0.3, 0.4) is 0 Å². The van der Waals surface area contributed by atoms with Gasteiger partial charge in [0, 0.05) is 55.2 Å². The number of fused-ring (bicyclic) bond motifs is 1. The molecule has 0 spiro atoms. The number of carbonyl (C=O) groups excluding carboxylic acids is 1. The largest absolute Gasteiger partial charge is 0.366 e. The number of unbranched alkanes of at least 4 members (excludes halogenated alkanes) is 1. The Kier molecular flexibility index (Phi) is 6.96. The Morgan fingerprint density at radius 1 is 1.03 bits per heavy atom. The first-order chi connectivity index (χ1) is 17.6. The fourth-order valence-corrected chi connectivity index (χ4v) is 4.89. The Labute approximate surface area is 211 Å². The van der Waals surface area contributed by atoms with Gasteiger partial charge in [0.05, 0.1) is 6.57 Å². The molecule has 7 heteroatoms. The van der Waals surface area contributed by atoms with E-state index < -0.39 is 5.91 Å². The van der Waals surface area contributed by atoms with Crippen LogP contribution in [0.15, 0.2) is 67.0 Å². The van der Waals surface area contributed by atoms with Crippen LogP contribution in [0, 0.1) is 6.57 Å². The number of primary amides is 1. The molecule has 0 radical (unpaired) electrons. The quantitative estimate of drug-likeness (QED) is 0.275. The zero-order valence-corrected chi connectivity index (χ0v) is 20.3. The molecule has 182 valence electrons. The first-order valence-electron chi connectivity index (χ1n) is 12.4. The summed E-state index contributed by atoms with van der Waals surface area (Å²) in [6.07, 6.45) is 7.28. The molecule has 1 aliphatic heterocycles. The number of anilines is 1. The molecule has 0 atom stereocenters. The van der Waals surface area contributed by atoms with Gasteiger partial charge in [0.1, 0.15) is 5.82 Å². The highest BCUT2D eigenvalue weighted by atomic mass is 16.1. The Balaban J connectivity index is 1.09. The lowest BCUT2D eigenvalue weighted by molar-refractivity contribution is 0.100. The van der Waals surface area contributed by atoms with E-state index in [0.717, 1.165) is 74.4 Å². The van der Waals surface area contributed by atoms with Crippen molar-refractivity contribution in [3.8, 4) is 11.1 Å².